The van der Waals surface area contributed by atoms with Gasteiger partial charge in [0.2, 0.25) is 10.0 Å². The molecule has 0 saturated heterocycles. The van der Waals surface area contributed by atoms with Crippen molar-refractivity contribution in [3.63, 3.8) is 0 Å². The Morgan fingerprint density at radius 2 is 1.75 bits per heavy atom. The van der Waals surface area contributed by atoms with E-state index >= 15 is 0 Å². The molecular weight excluding hydrogens is 352 g/mol. The number of ketones is 1. The first kappa shape index (κ1) is 16.6. The highest BCUT2D eigenvalue weighted by Gasteiger charge is 2.45. The number of anilines is 1. The van der Waals surface area contributed by atoms with Crippen LogP contribution in [0.5, 0.6) is 0 Å². The average molecular weight is 365 g/mol. The number of nitrogens with one attached hydrogen (secondary N) is 1. The van der Waals surface area contributed by atoms with Crippen LogP contribution >= 0.6 is 11.6 Å². The number of hydrogen-bond donors (Lipinski definition) is 1. The zero-order valence-electron chi connectivity index (χ0n) is 12.6. The van der Waals surface area contributed by atoms with E-state index in [9.17, 15) is 18.0 Å². The van der Waals surface area contributed by atoms with Crippen LogP contribution in [0.2, 0.25) is 5.02 Å². The molecule has 1 amide bonds. The summed E-state index contributed by atoms with van der Waals surface area (Å²) in [4.78, 5) is 25.1. The van der Waals surface area contributed by atoms with Crippen molar-refractivity contribution in [2.45, 2.75) is 10.9 Å². The van der Waals surface area contributed by atoms with Crippen LogP contribution in [0.1, 0.15) is 10.4 Å². The van der Waals surface area contributed by atoms with Gasteiger partial charge in [-0.25, -0.2) is 8.42 Å². The van der Waals surface area contributed by atoms with Crippen LogP contribution < -0.4 is 5.32 Å². The van der Waals surface area contributed by atoms with E-state index in [2.05, 4.69) is 5.32 Å². The van der Waals surface area contributed by atoms with Gasteiger partial charge in [0.1, 0.15) is 0 Å². The Kier molecular flexibility index (Phi) is 4.16. The van der Waals surface area contributed by atoms with E-state index in [1.807, 2.05) is 0 Å². The van der Waals surface area contributed by atoms with Crippen molar-refractivity contribution in [3.05, 3.63) is 59.1 Å². The monoisotopic (exact) mass is 364 g/mol. The van der Waals surface area contributed by atoms with E-state index in [-0.39, 0.29) is 10.5 Å². The maximum absolute atomic E-state index is 12.6. The second-order valence-corrected chi connectivity index (χ2v) is 7.63. The Labute approximate surface area is 144 Å². The van der Waals surface area contributed by atoms with Gasteiger partial charge < -0.3 is 5.32 Å². The Hall–Kier alpha value is -2.22. The third-order valence-electron chi connectivity index (χ3n) is 3.80. The van der Waals surface area contributed by atoms with Gasteiger partial charge in [-0.15, -0.1) is 0 Å². The first-order chi connectivity index (χ1) is 11.3. The van der Waals surface area contributed by atoms with Crippen molar-refractivity contribution in [1.82, 2.24) is 4.31 Å². The Bertz CT molecular complexity index is 943. The number of carbonyl (C=O) groups excluding carboxylic acids is 2. The molecule has 0 bridgehead atoms. The fraction of sp³-hybridized carbons (Fsp3) is 0.125. The molecule has 2 aromatic rings. The van der Waals surface area contributed by atoms with E-state index in [4.69, 9.17) is 11.6 Å². The lowest BCUT2D eigenvalue weighted by atomic mass is 10.0. The summed E-state index contributed by atoms with van der Waals surface area (Å²) in [6.45, 7) is 0. The third-order valence-corrected chi connectivity index (χ3v) is 6.01. The number of fused-ring (bicyclic) bond motifs is 1. The van der Waals surface area contributed by atoms with Crippen molar-refractivity contribution >= 4 is 39.0 Å². The molecule has 0 fully saturated rings. The maximum Gasteiger partial charge on any atom is 0.250 e. The predicted molar refractivity (Wildman–Crippen MR) is 89.6 cm³/mol. The molecule has 0 aliphatic carbocycles. The second-order valence-electron chi connectivity index (χ2n) is 5.25. The largest absolute Gasteiger partial charge is 0.323 e. The van der Waals surface area contributed by atoms with Crippen LogP contribution in [-0.4, -0.2) is 37.5 Å². The molecule has 3 rings (SSSR count). The fourth-order valence-corrected chi connectivity index (χ4v) is 4.21. The number of nitrogens with zero attached hydrogens (tertiary/aromatic N) is 1. The van der Waals surface area contributed by atoms with Crippen LogP contribution in [-0.2, 0) is 14.8 Å². The van der Waals surface area contributed by atoms with Gasteiger partial charge in [-0.2, -0.15) is 4.31 Å². The predicted octanol–water partition coefficient (Wildman–Crippen LogP) is 2.16. The van der Waals surface area contributed by atoms with Crippen LogP contribution in [0, 0.1) is 0 Å². The molecule has 0 radical (unpaired) electrons. The van der Waals surface area contributed by atoms with Gasteiger partial charge in [-0.1, -0.05) is 35.9 Å². The number of Topliss-reactive ketones (excluding diaryl/α,β-unsaturated/α-hetero) is 1. The highest BCUT2D eigenvalue weighted by atomic mass is 35.5. The topological polar surface area (TPSA) is 83.6 Å². The summed E-state index contributed by atoms with van der Waals surface area (Å²) >= 11 is 5.99. The van der Waals surface area contributed by atoms with Crippen molar-refractivity contribution in [1.29, 1.82) is 0 Å². The fourth-order valence-electron chi connectivity index (χ4n) is 2.55. The SMILES string of the molecule is CN1C(C(=O)Nc2ccccc2Cl)C(=O)c2ccccc2S1(=O)=O. The zero-order chi connectivity index (χ0) is 17.5. The van der Waals surface area contributed by atoms with E-state index in [0.29, 0.717) is 10.7 Å². The van der Waals surface area contributed by atoms with E-state index in [1.54, 1.807) is 30.3 Å². The summed E-state index contributed by atoms with van der Waals surface area (Å²) in [6, 6.07) is 10.9. The number of rotatable bonds is 2. The van der Waals surface area contributed by atoms with Crippen molar-refractivity contribution in [2.75, 3.05) is 12.4 Å². The van der Waals surface area contributed by atoms with Gasteiger partial charge in [0.25, 0.3) is 5.91 Å². The average Bonchev–Trinajstić information content (AvgIpc) is 2.56. The molecule has 2 aromatic carbocycles. The Balaban J connectivity index is 2.01. The van der Waals surface area contributed by atoms with Crippen molar-refractivity contribution < 1.29 is 18.0 Å². The molecule has 0 spiro atoms. The summed E-state index contributed by atoms with van der Waals surface area (Å²) in [5, 5.41) is 2.80. The number of likely N-dealkylation sites (N-methyl/N-ethyl adjacent to an activating group) is 1. The molecule has 1 aliphatic rings. The second kappa shape index (κ2) is 6.01. The quantitative estimate of drug-likeness (QED) is 0.828. The molecule has 1 atom stereocenters. The number of amides is 1. The Morgan fingerprint density at radius 1 is 1.12 bits per heavy atom. The van der Waals surface area contributed by atoms with Crippen LogP contribution in [0.4, 0.5) is 5.69 Å². The molecule has 6 nitrogen and oxygen atoms in total. The first-order valence-electron chi connectivity index (χ1n) is 7.00. The first-order valence-corrected chi connectivity index (χ1v) is 8.82. The number of carbonyl (C=O) groups is 2. The van der Waals surface area contributed by atoms with E-state index < -0.39 is 27.8 Å². The van der Waals surface area contributed by atoms with Gasteiger partial charge in [0.15, 0.2) is 11.8 Å². The van der Waals surface area contributed by atoms with Gasteiger partial charge in [0.05, 0.1) is 15.6 Å². The normalized spacial score (nSPS) is 19.6. The molecule has 24 heavy (non-hydrogen) atoms. The minimum atomic E-state index is -3.93. The number of para-hydroxylation sites is 1. The number of hydrogen-bond acceptors (Lipinski definition) is 4. The Morgan fingerprint density at radius 3 is 2.46 bits per heavy atom. The highest BCUT2D eigenvalue weighted by molar-refractivity contribution is 7.89. The number of halogens is 1. The minimum absolute atomic E-state index is 0.00917. The lowest BCUT2D eigenvalue weighted by Gasteiger charge is -2.31. The zero-order valence-corrected chi connectivity index (χ0v) is 14.1. The third kappa shape index (κ3) is 2.60. The molecule has 1 heterocycles. The smallest absolute Gasteiger partial charge is 0.250 e. The molecule has 1 N–H and O–H groups in total. The van der Waals surface area contributed by atoms with Crippen LogP contribution in [0.15, 0.2) is 53.4 Å². The molecular formula is C16H13ClN2O4S. The minimum Gasteiger partial charge on any atom is -0.323 e. The maximum atomic E-state index is 12.6. The molecule has 124 valence electrons. The summed E-state index contributed by atoms with van der Waals surface area (Å²) in [5.74, 6) is -1.33. The van der Waals surface area contributed by atoms with Gasteiger partial charge >= 0.3 is 0 Å². The standard InChI is InChI=1S/C16H13ClN2O4S/c1-19-14(16(21)18-12-8-4-3-7-11(12)17)15(20)10-6-2-5-9-13(10)24(19,22)23/h2-9,14H,1H3,(H,18,21). The molecule has 1 aliphatic heterocycles. The summed E-state index contributed by atoms with van der Waals surface area (Å²) in [6.07, 6.45) is 0. The molecule has 0 saturated carbocycles. The van der Waals surface area contributed by atoms with Crippen LogP contribution in [0.3, 0.4) is 0 Å². The van der Waals surface area contributed by atoms with E-state index in [1.165, 1.54) is 25.2 Å². The summed E-state index contributed by atoms with van der Waals surface area (Å²) in [5.41, 5.74) is 0.316. The summed E-state index contributed by atoms with van der Waals surface area (Å²) < 4.78 is 25.9. The van der Waals surface area contributed by atoms with Gasteiger partial charge in [-0.3, -0.25) is 9.59 Å². The van der Waals surface area contributed by atoms with Crippen molar-refractivity contribution in [2.24, 2.45) is 0 Å². The molecule has 1 unspecified atom stereocenters. The highest BCUT2D eigenvalue weighted by Crippen LogP contribution is 2.30. The van der Waals surface area contributed by atoms with Gasteiger partial charge in [-0.05, 0) is 24.3 Å². The van der Waals surface area contributed by atoms with Crippen molar-refractivity contribution in [3.8, 4) is 0 Å². The lowest BCUT2D eigenvalue weighted by Crippen LogP contribution is -2.53. The molecule has 0 aromatic heterocycles. The number of sulfonamides is 1. The summed E-state index contributed by atoms with van der Waals surface area (Å²) in [7, 11) is -2.72. The lowest BCUT2D eigenvalue weighted by molar-refractivity contribution is -0.118. The van der Waals surface area contributed by atoms with Gasteiger partial charge in [0, 0.05) is 12.6 Å². The number of benzene rings is 2. The van der Waals surface area contributed by atoms with E-state index in [0.717, 1.165) is 4.31 Å². The molecule has 8 heteroatoms. The van der Waals surface area contributed by atoms with Crippen LogP contribution in [0.25, 0.3) is 0 Å².